The molecule has 0 radical (unpaired) electrons. The van der Waals surface area contributed by atoms with Gasteiger partial charge in [0.2, 0.25) is 5.91 Å². The van der Waals surface area contributed by atoms with E-state index in [2.05, 4.69) is 15.7 Å². The standard InChI is InChI=1S/C19H26N6O2/c1-14-18(21-23-24(14)15-8-4-2-5-9-15)19(27)25(22-17(26)12-13-20)16-10-6-3-7-11-16/h2,4-5,8-9,16H,3,6-7,10-13,20H2,1H3,(H,22,26). The zero-order valence-corrected chi connectivity index (χ0v) is 15.6. The zero-order chi connectivity index (χ0) is 19.2. The van der Waals surface area contributed by atoms with Gasteiger partial charge in [-0.2, -0.15) is 0 Å². The number of aromatic nitrogens is 3. The van der Waals surface area contributed by atoms with Crippen LogP contribution in [0.2, 0.25) is 0 Å². The molecular weight excluding hydrogens is 344 g/mol. The molecule has 3 rings (SSSR count). The lowest BCUT2D eigenvalue weighted by atomic mass is 9.95. The van der Waals surface area contributed by atoms with E-state index < -0.39 is 0 Å². The van der Waals surface area contributed by atoms with E-state index in [9.17, 15) is 9.59 Å². The summed E-state index contributed by atoms with van der Waals surface area (Å²) in [6.45, 7) is 2.04. The van der Waals surface area contributed by atoms with Crippen LogP contribution >= 0.6 is 0 Å². The Morgan fingerprint density at radius 1 is 1.22 bits per heavy atom. The number of nitrogens with one attached hydrogen (secondary N) is 1. The Morgan fingerprint density at radius 3 is 2.59 bits per heavy atom. The summed E-state index contributed by atoms with van der Waals surface area (Å²) in [7, 11) is 0. The predicted molar refractivity (Wildman–Crippen MR) is 101 cm³/mol. The minimum absolute atomic E-state index is 0.0331. The van der Waals surface area contributed by atoms with Gasteiger partial charge in [0.1, 0.15) is 0 Å². The van der Waals surface area contributed by atoms with Crippen LogP contribution < -0.4 is 11.2 Å². The monoisotopic (exact) mass is 370 g/mol. The molecule has 1 saturated carbocycles. The lowest BCUT2D eigenvalue weighted by Gasteiger charge is -2.33. The Morgan fingerprint density at radius 2 is 1.93 bits per heavy atom. The van der Waals surface area contributed by atoms with Crippen LogP contribution in [0.4, 0.5) is 0 Å². The second-order valence-corrected chi connectivity index (χ2v) is 6.81. The van der Waals surface area contributed by atoms with Crippen molar-refractivity contribution in [2.75, 3.05) is 6.54 Å². The van der Waals surface area contributed by atoms with Crippen molar-refractivity contribution in [3.8, 4) is 5.69 Å². The topological polar surface area (TPSA) is 106 Å². The highest BCUT2D eigenvalue weighted by molar-refractivity contribution is 5.95. The van der Waals surface area contributed by atoms with Gasteiger partial charge in [0.25, 0.3) is 5.91 Å². The first-order valence-corrected chi connectivity index (χ1v) is 9.42. The maximum absolute atomic E-state index is 13.2. The predicted octanol–water partition coefficient (Wildman–Crippen LogP) is 1.73. The van der Waals surface area contributed by atoms with Gasteiger partial charge in [-0.1, -0.05) is 42.7 Å². The maximum atomic E-state index is 13.2. The van der Waals surface area contributed by atoms with Gasteiger partial charge < -0.3 is 5.73 Å². The third kappa shape index (κ3) is 4.33. The van der Waals surface area contributed by atoms with Crippen molar-refractivity contribution in [2.24, 2.45) is 5.73 Å². The molecule has 1 aliphatic carbocycles. The Hall–Kier alpha value is -2.74. The van der Waals surface area contributed by atoms with Crippen LogP contribution in [-0.2, 0) is 4.79 Å². The molecule has 1 heterocycles. The molecule has 1 aromatic heterocycles. The fourth-order valence-corrected chi connectivity index (χ4v) is 3.42. The summed E-state index contributed by atoms with van der Waals surface area (Å²) in [5.74, 6) is -0.587. The van der Waals surface area contributed by atoms with E-state index in [4.69, 9.17) is 5.73 Å². The first kappa shape index (κ1) is 19.0. The summed E-state index contributed by atoms with van der Waals surface area (Å²) < 4.78 is 1.63. The van der Waals surface area contributed by atoms with Crippen molar-refractivity contribution in [3.05, 3.63) is 41.7 Å². The molecule has 1 fully saturated rings. The number of rotatable bonds is 5. The molecule has 0 unspecified atom stereocenters. The summed E-state index contributed by atoms with van der Waals surface area (Å²) in [6, 6.07) is 9.49. The van der Waals surface area contributed by atoms with Crippen LogP contribution in [0.25, 0.3) is 5.69 Å². The number of hydrazine groups is 1. The number of carbonyl (C=O) groups is 2. The molecule has 0 bridgehead atoms. The van der Waals surface area contributed by atoms with Gasteiger partial charge in [0.15, 0.2) is 5.69 Å². The molecule has 27 heavy (non-hydrogen) atoms. The first-order valence-electron chi connectivity index (χ1n) is 9.42. The first-order chi connectivity index (χ1) is 13.1. The van der Waals surface area contributed by atoms with Crippen molar-refractivity contribution in [1.29, 1.82) is 0 Å². The summed E-state index contributed by atoms with van der Waals surface area (Å²) >= 11 is 0. The van der Waals surface area contributed by atoms with Gasteiger partial charge in [-0.3, -0.25) is 15.0 Å². The van der Waals surface area contributed by atoms with Crippen LogP contribution in [-0.4, -0.2) is 44.4 Å². The van der Waals surface area contributed by atoms with E-state index in [1.165, 1.54) is 5.01 Å². The highest BCUT2D eigenvalue weighted by Gasteiger charge is 2.31. The minimum atomic E-state index is -0.327. The van der Waals surface area contributed by atoms with Gasteiger partial charge in [0.05, 0.1) is 17.4 Å². The number of para-hydroxylation sites is 1. The number of nitrogens with two attached hydrogens (primary N) is 1. The normalized spacial score (nSPS) is 14.7. The van der Waals surface area contributed by atoms with Gasteiger partial charge in [-0.25, -0.2) is 9.69 Å². The van der Waals surface area contributed by atoms with E-state index in [0.29, 0.717) is 5.69 Å². The molecule has 0 aliphatic heterocycles. The largest absolute Gasteiger partial charge is 0.330 e. The van der Waals surface area contributed by atoms with Crippen LogP contribution in [0.1, 0.15) is 54.7 Å². The zero-order valence-electron chi connectivity index (χ0n) is 15.6. The lowest BCUT2D eigenvalue weighted by Crippen LogP contribution is -2.53. The minimum Gasteiger partial charge on any atom is -0.330 e. The highest BCUT2D eigenvalue weighted by atomic mass is 16.2. The number of benzene rings is 1. The molecule has 8 nitrogen and oxygen atoms in total. The average Bonchev–Trinajstić information content (AvgIpc) is 3.08. The summed E-state index contributed by atoms with van der Waals surface area (Å²) in [5, 5.41) is 9.69. The van der Waals surface area contributed by atoms with Crippen LogP contribution in [0.3, 0.4) is 0 Å². The molecule has 1 aromatic carbocycles. The van der Waals surface area contributed by atoms with Gasteiger partial charge in [-0.15, -0.1) is 5.10 Å². The maximum Gasteiger partial charge on any atom is 0.295 e. The van der Waals surface area contributed by atoms with Crippen molar-refractivity contribution >= 4 is 11.8 Å². The van der Waals surface area contributed by atoms with E-state index in [-0.39, 0.29) is 36.5 Å². The number of nitrogens with zero attached hydrogens (tertiary/aromatic N) is 4. The summed E-state index contributed by atoms with van der Waals surface area (Å²) in [4.78, 5) is 25.3. The number of amides is 2. The second-order valence-electron chi connectivity index (χ2n) is 6.81. The Balaban J connectivity index is 1.87. The average molecular weight is 370 g/mol. The fourth-order valence-electron chi connectivity index (χ4n) is 3.42. The van der Waals surface area contributed by atoms with Gasteiger partial charge in [0, 0.05) is 13.0 Å². The molecule has 0 atom stereocenters. The summed E-state index contributed by atoms with van der Waals surface area (Å²) in [6.07, 6.45) is 5.12. The third-order valence-electron chi connectivity index (χ3n) is 4.87. The van der Waals surface area contributed by atoms with Crippen molar-refractivity contribution in [2.45, 2.75) is 51.5 Å². The molecule has 2 aromatic rings. The molecule has 0 saturated heterocycles. The fraction of sp³-hybridized carbons (Fsp3) is 0.474. The molecule has 2 amide bonds. The molecule has 1 aliphatic rings. The number of hydrogen-bond donors (Lipinski definition) is 2. The van der Waals surface area contributed by atoms with Crippen LogP contribution in [0, 0.1) is 6.92 Å². The molecule has 144 valence electrons. The molecule has 3 N–H and O–H groups in total. The molecule has 0 spiro atoms. The Labute approximate surface area is 158 Å². The number of carbonyl (C=O) groups excluding carboxylic acids is 2. The Kier molecular flexibility index (Phi) is 6.18. The van der Waals surface area contributed by atoms with E-state index in [1.54, 1.807) is 11.6 Å². The highest BCUT2D eigenvalue weighted by Crippen LogP contribution is 2.23. The molecule has 8 heteroatoms. The Bertz CT molecular complexity index is 783. The van der Waals surface area contributed by atoms with Crippen LogP contribution in [0.5, 0.6) is 0 Å². The quantitative estimate of drug-likeness (QED) is 0.780. The summed E-state index contributed by atoms with van der Waals surface area (Å²) in [5.41, 5.74) is 9.94. The number of hydrogen-bond acceptors (Lipinski definition) is 5. The van der Waals surface area contributed by atoms with E-state index in [1.807, 2.05) is 30.3 Å². The smallest absolute Gasteiger partial charge is 0.295 e. The van der Waals surface area contributed by atoms with Gasteiger partial charge in [-0.05, 0) is 31.9 Å². The van der Waals surface area contributed by atoms with Crippen LogP contribution in [0.15, 0.2) is 30.3 Å². The van der Waals surface area contributed by atoms with Crippen molar-refractivity contribution in [3.63, 3.8) is 0 Å². The van der Waals surface area contributed by atoms with E-state index >= 15 is 0 Å². The van der Waals surface area contributed by atoms with Crippen molar-refractivity contribution < 1.29 is 9.59 Å². The lowest BCUT2D eigenvalue weighted by molar-refractivity contribution is -0.125. The second kappa shape index (κ2) is 8.77. The molecular formula is C19H26N6O2. The van der Waals surface area contributed by atoms with E-state index in [0.717, 1.165) is 37.8 Å². The SMILES string of the molecule is Cc1c(C(=O)N(NC(=O)CCN)C2CCCCC2)nnn1-c1ccccc1. The third-order valence-corrected chi connectivity index (χ3v) is 4.87. The van der Waals surface area contributed by atoms with Gasteiger partial charge >= 0.3 is 0 Å². The van der Waals surface area contributed by atoms with Crippen molar-refractivity contribution in [1.82, 2.24) is 25.4 Å².